The molecule has 4 amide bonds. The molecular formula is C41H61N5O10. The van der Waals surface area contributed by atoms with Crippen LogP contribution in [0.2, 0.25) is 0 Å². The van der Waals surface area contributed by atoms with Gasteiger partial charge in [-0.3, -0.25) is 28.8 Å². The molecule has 0 aromatic heterocycles. The van der Waals surface area contributed by atoms with E-state index in [-0.39, 0.29) is 37.8 Å². The summed E-state index contributed by atoms with van der Waals surface area (Å²) in [6.45, 7) is 13.9. The lowest BCUT2D eigenvalue weighted by molar-refractivity contribution is -0.163. The Morgan fingerprint density at radius 3 is 2.14 bits per heavy atom. The van der Waals surface area contributed by atoms with Crippen molar-refractivity contribution >= 4 is 41.4 Å². The molecule has 10 atom stereocenters. The van der Waals surface area contributed by atoms with Crippen LogP contribution in [0.25, 0.3) is 0 Å². The number of aliphatic hydroxyl groups is 1. The van der Waals surface area contributed by atoms with Crippen molar-refractivity contribution in [1.82, 2.24) is 20.4 Å². The van der Waals surface area contributed by atoms with E-state index >= 15 is 0 Å². The number of hydrogen-bond donors (Lipinski definition) is 4. The molecular weight excluding hydrogens is 722 g/mol. The molecule has 0 unspecified atom stereocenters. The van der Waals surface area contributed by atoms with Crippen molar-refractivity contribution in [2.75, 3.05) is 6.54 Å². The Balaban J connectivity index is 1.76. The third-order valence-electron chi connectivity index (χ3n) is 11.4. The summed E-state index contributed by atoms with van der Waals surface area (Å²) in [5, 5.41) is 16.7. The summed E-state index contributed by atoms with van der Waals surface area (Å²) in [6.07, 6.45) is -2.86. The van der Waals surface area contributed by atoms with Gasteiger partial charge in [0.25, 0.3) is 0 Å². The van der Waals surface area contributed by atoms with Crippen LogP contribution in [-0.2, 0) is 56.0 Å². The molecule has 1 aromatic carbocycles. The quantitative estimate of drug-likeness (QED) is 0.250. The SMILES string of the molecule is CC[C@H](C)[C@H]1NC(=O)[C@@H](N)[C@H](C)OC(=O)[C@@H]2Cc3ccccc3CN2C(=O)[C@@H]2CCCN2C(=O)[C@H](CC(C)C)NC(=O)[C@H](C)C(=O)[C@H](C(C)C)OC(=O)C[C@H]1O. The van der Waals surface area contributed by atoms with Gasteiger partial charge in [0.1, 0.15) is 30.3 Å². The van der Waals surface area contributed by atoms with Crippen molar-refractivity contribution in [3.63, 3.8) is 0 Å². The third kappa shape index (κ3) is 10.3. The average molecular weight is 784 g/mol. The molecule has 2 fully saturated rings. The first kappa shape index (κ1) is 44.3. The number of nitrogens with one attached hydrogen (secondary N) is 2. The predicted octanol–water partition coefficient (Wildman–Crippen LogP) is 1.79. The van der Waals surface area contributed by atoms with Gasteiger partial charge in [-0.15, -0.1) is 0 Å². The van der Waals surface area contributed by atoms with E-state index in [1.807, 2.05) is 45.0 Å². The lowest BCUT2D eigenvalue weighted by Gasteiger charge is -2.39. The molecule has 0 aliphatic carbocycles. The smallest absolute Gasteiger partial charge is 0.329 e. The van der Waals surface area contributed by atoms with E-state index in [0.29, 0.717) is 19.3 Å². The number of benzene rings is 1. The van der Waals surface area contributed by atoms with Gasteiger partial charge in [0.15, 0.2) is 11.9 Å². The molecule has 0 bridgehead atoms. The zero-order chi connectivity index (χ0) is 41.6. The molecule has 3 heterocycles. The van der Waals surface area contributed by atoms with E-state index in [1.54, 1.807) is 20.8 Å². The summed E-state index contributed by atoms with van der Waals surface area (Å²) in [6, 6.07) is 1.95. The Morgan fingerprint density at radius 2 is 1.52 bits per heavy atom. The number of rotatable bonds is 5. The van der Waals surface area contributed by atoms with E-state index in [9.17, 15) is 38.7 Å². The number of Topliss-reactive ketones (excluding diaryl/α,β-unsaturated/α-hetero) is 1. The predicted molar refractivity (Wildman–Crippen MR) is 205 cm³/mol. The number of carbonyl (C=O) groups is 7. The third-order valence-corrected chi connectivity index (χ3v) is 11.4. The number of cyclic esters (lactones) is 2. The minimum absolute atomic E-state index is 0.0582. The molecule has 3 aliphatic heterocycles. The molecule has 15 heteroatoms. The van der Waals surface area contributed by atoms with E-state index in [0.717, 1.165) is 11.1 Å². The summed E-state index contributed by atoms with van der Waals surface area (Å²) in [7, 11) is 0. The summed E-state index contributed by atoms with van der Waals surface area (Å²) >= 11 is 0. The van der Waals surface area contributed by atoms with Gasteiger partial charge in [-0.25, -0.2) is 4.79 Å². The van der Waals surface area contributed by atoms with E-state index in [4.69, 9.17) is 15.2 Å². The zero-order valence-electron chi connectivity index (χ0n) is 34.0. The number of amides is 4. The normalized spacial score (nSPS) is 31.2. The van der Waals surface area contributed by atoms with E-state index in [1.165, 1.54) is 23.6 Å². The molecule has 15 nitrogen and oxygen atoms in total. The highest BCUT2D eigenvalue weighted by Crippen LogP contribution is 2.30. The fraction of sp³-hybridized carbons (Fsp3) is 0.683. The molecule has 5 N–H and O–H groups in total. The van der Waals surface area contributed by atoms with Crippen LogP contribution in [0.4, 0.5) is 0 Å². The maximum Gasteiger partial charge on any atom is 0.329 e. The molecule has 0 spiro atoms. The van der Waals surface area contributed by atoms with Gasteiger partial charge in [-0.2, -0.15) is 0 Å². The topological polar surface area (TPSA) is 215 Å². The van der Waals surface area contributed by atoms with Gasteiger partial charge in [-0.1, -0.05) is 72.2 Å². The van der Waals surface area contributed by atoms with Gasteiger partial charge in [0.05, 0.1) is 24.5 Å². The standard InChI is InChI=1S/C41H61N5O10/c1-9-23(6)34-31(47)19-32(48)56-36(22(4)5)35(49)24(7)37(50)43-28(17-21(2)3)39(52)45-16-12-15-29(45)40(53)46-20-27-14-11-10-13-26(27)18-30(46)41(54)55-25(8)33(42)38(51)44-34/h10-11,13-14,21-25,28-31,33-34,36,47H,9,12,15-20,42H2,1-8H3,(H,43,50)(H,44,51)/t23-,24+,25-,28-,29-,30-,31+,33-,34+,36-/m0/s1. The second kappa shape index (κ2) is 19.2. The molecule has 0 radical (unpaired) electrons. The van der Waals surface area contributed by atoms with Crippen LogP contribution >= 0.6 is 0 Å². The first-order valence-corrected chi connectivity index (χ1v) is 20.0. The molecule has 310 valence electrons. The second-order valence-corrected chi connectivity index (χ2v) is 16.5. The number of hydrogen-bond acceptors (Lipinski definition) is 11. The van der Waals surface area contributed by atoms with Crippen molar-refractivity contribution in [3.05, 3.63) is 35.4 Å². The second-order valence-electron chi connectivity index (χ2n) is 16.5. The highest BCUT2D eigenvalue weighted by Gasteiger charge is 2.45. The number of ketones is 1. The van der Waals surface area contributed by atoms with Crippen molar-refractivity contribution in [2.45, 2.75) is 149 Å². The van der Waals surface area contributed by atoms with Crippen molar-refractivity contribution in [3.8, 4) is 0 Å². The Hall–Kier alpha value is -4.37. The van der Waals surface area contributed by atoms with E-state index in [2.05, 4.69) is 10.6 Å². The summed E-state index contributed by atoms with van der Waals surface area (Å²) in [5.74, 6) is -7.06. The van der Waals surface area contributed by atoms with Crippen LogP contribution in [0.15, 0.2) is 24.3 Å². The largest absolute Gasteiger partial charge is 0.459 e. The first-order chi connectivity index (χ1) is 26.4. The fourth-order valence-corrected chi connectivity index (χ4v) is 7.70. The van der Waals surface area contributed by atoms with Crippen LogP contribution in [0.1, 0.15) is 98.6 Å². The summed E-state index contributed by atoms with van der Waals surface area (Å²) < 4.78 is 11.4. The Labute approximate surface area is 329 Å². The van der Waals surface area contributed by atoms with Crippen LogP contribution in [-0.4, -0.2) is 111 Å². The minimum atomic E-state index is -1.45. The van der Waals surface area contributed by atoms with Gasteiger partial charge in [-0.05, 0) is 62.0 Å². The van der Waals surface area contributed by atoms with Gasteiger partial charge in [0.2, 0.25) is 23.6 Å². The zero-order valence-corrected chi connectivity index (χ0v) is 34.0. The van der Waals surface area contributed by atoms with Crippen molar-refractivity contribution in [2.24, 2.45) is 29.4 Å². The number of fused-ring (bicyclic) bond motifs is 3. The number of ether oxygens (including phenoxy) is 2. The maximum absolute atomic E-state index is 14.6. The van der Waals surface area contributed by atoms with Crippen LogP contribution in [0.3, 0.4) is 0 Å². The monoisotopic (exact) mass is 783 g/mol. The van der Waals surface area contributed by atoms with Gasteiger partial charge < -0.3 is 40.7 Å². The number of carbonyl (C=O) groups excluding carboxylic acids is 7. The van der Waals surface area contributed by atoms with Crippen molar-refractivity contribution < 1.29 is 48.1 Å². The highest BCUT2D eigenvalue weighted by molar-refractivity contribution is 6.05. The minimum Gasteiger partial charge on any atom is -0.459 e. The molecule has 0 saturated carbocycles. The molecule has 4 rings (SSSR count). The van der Waals surface area contributed by atoms with Crippen LogP contribution in [0.5, 0.6) is 0 Å². The maximum atomic E-state index is 14.6. The molecule has 2 saturated heterocycles. The lowest BCUT2D eigenvalue weighted by atomic mass is 9.91. The Kier molecular flexibility index (Phi) is 15.2. The van der Waals surface area contributed by atoms with E-state index < -0.39 is 108 Å². The van der Waals surface area contributed by atoms with Gasteiger partial charge in [0, 0.05) is 19.5 Å². The van der Waals surface area contributed by atoms with Crippen LogP contribution in [0, 0.1) is 23.7 Å². The summed E-state index contributed by atoms with van der Waals surface area (Å²) in [5.41, 5.74) is 8.01. The highest BCUT2D eigenvalue weighted by atomic mass is 16.6. The van der Waals surface area contributed by atoms with Crippen LogP contribution < -0.4 is 16.4 Å². The molecule has 3 aliphatic rings. The number of esters is 2. The van der Waals surface area contributed by atoms with Crippen molar-refractivity contribution in [1.29, 1.82) is 0 Å². The lowest BCUT2D eigenvalue weighted by Crippen LogP contribution is -2.59. The van der Waals surface area contributed by atoms with Gasteiger partial charge >= 0.3 is 11.9 Å². The number of nitrogens with two attached hydrogens (primary N) is 1. The number of aliphatic hydroxyl groups excluding tert-OH is 1. The first-order valence-electron chi connectivity index (χ1n) is 20.0. The molecule has 56 heavy (non-hydrogen) atoms. The number of nitrogens with zero attached hydrogens (tertiary/aromatic N) is 2. The summed E-state index contributed by atoms with van der Waals surface area (Å²) in [4.78, 5) is 100.0. The fourth-order valence-electron chi connectivity index (χ4n) is 7.70. The average Bonchev–Trinajstić information content (AvgIpc) is 3.65. The Bertz CT molecular complexity index is 1630. The Morgan fingerprint density at radius 1 is 0.857 bits per heavy atom. The molecule has 1 aromatic rings.